The van der Waals surface area contributed by atoms with E-state index in [1.165, 1.54) is 0 Å². The number of aliphatic hydroxyl groups is 5. The number of halogens is 1. The summed E-state index contributed by atoms with van der Waals surface area (Å²) in [6.07, 6.45) is -9.64. The summed E-state index contributed by atoms with van der Waals surface area (Å²) in [7, 11) is -0.992. The van der Waals surface area contributed by atoms with Crippen LogP contribution in [0.4, 0.5) is 11.4 Å². The molecule has 0 bridgehead atoms. The molecule has 3 aliphatic rings. The monoisotopic (exact) mass is 917 g/mol. The Hall–Kier alpha value is -4.49. The number of ether oxygens (including phenoxy) is 3. The fraction of sp³-hybridized carbons (Fsp3) is 0.400. The van der Waals surface area contributed by atoms with Crippen LogP contribution in [0.25, 0.3) is 0 Å². The Morgan fingerprint density at radius 1 is 0.918 bits per heavy atom. The average Bonchev–Trinajstić information content (AvgIpc) is 3.66. The Balaban J connectivity index is 1.22. The zero-order chi connectivity index (χ0) is 43.8. The number of anilines is 2. The lowest BCUT2D eigenvalue weighted by Gasteiger charge is -2.37. The molecule has 3 amide bonds. The third-order valence-corrected chi connectivity index (χ3v) is 17.3. The number of nitrogens with zero attached hydrogens (tertiary/aromatic N) is 2. The first-order valence-corrected chi connectivity index (χ1v) is 24.1. The standard InChI is InChI=1S/C45H52BrN3O11Si/c1-26-41(61(3,4)32-16-14-31(58-2)15-17-32)35(23-36(51)48(19-20-50)24-27-9-6-5-7-10-27)60-45(26)33-22-29(46)13-18-34(33)49(44(45)57)25-28-11-8-12-30(21-28)47-42(55)40-38(53)37(52)39(54)43(56)59-40/h5-18,21-22,26,35,37-41,43,50,52-54,56H,19-20,23-25H2,1-4H3,(H,47,55)/t26-,35+,37+,38+,39-,40+,41-,43-,45+/m1/s1. The van der Waals surface area contributed by atoms with Gasteiger partial charge in [0.05, 0.1) is 46.5 Å². The molecule has 1 spiro atoms. The van der Waals surface area contributed by atoms with Crippen molar-refractivity contribution in [3.05, 3.63) is 118 Å². The SMILES string of the molecule is COc1ccc([Si](C)(C)[C@H]2[C@H](CC(=O)N(CCO)Cc3ccccc3)O[C@@]3(C(=O)N(Cc4cccc(NC(=O)[C@H]5O[C@@H](O)[C@H](O)[C@@H](O)[C@@H]5O)c4)c4ccc(Br)cc43)[C@@H]2C)cc1. The molecule has 0 aromatic heterocycles. The van der Waals surface area contributed by atoms with Gasteiger partial charge in [0, 0.05) is 34.7 Å². The van der Waals surface area contributed by atoms with Crippen molar-refractivity contribution in [2.75, 3.05) is 30.5 Å². The van der Waals surface area contributed by atoms with Gasteiger partial charge >= 0.3 is 0 Å². The number of benzene rings is 4. The number of carbonyl (C=O) groups is 3. The van der Waals surface area contributed by atoms with Crippen LogP contribution in [0.15, 0.2) is 102 Å². The van der Waals surface area contributed by atoms with Gasteiger partial charge in [-0.25, -0.2) is 0 Å². The second-order valence-corrected chi connectivity index (χ2v) is 22.1. The number of nitrogens with one attached hydrogen (secondary N) is 1. The number of rotatable bonds is 13. The highest BCUT2D eigenvalue weighted by Crippen LogP contribution is 2.60. The lowest BCUT2D eigenvalue weighted by Crippen LogP contribution is -2.60. The van der Waals surface area contributed by atoms with Crippen LogP contribution in [0.5, 0.6) is 5.75 Å². The van der Waals surface area contributed by atoms with Gasteiger partial charge in [0.25, 0.3) is 11.8 Å². The zero-order valence-electron chi connectivity index (χ0n) is 34.3. The fourth-order valence-electron chi connectivity index (χ4n) is 9.38. The van der Waals surface area contributed by atoms with Crippen LogP contribution < -0.4 is 20.1 Å². The second-order valence-electron chi connectivity index (χ2n) is 16.5. The van der Waals surface area contributed by atoms with Crippen molar-refractivity contribution < 1.29 is 54.1 Å². The molecule has 4 aromatic carbocycles. The summed E-state index contributed by atoms with van der Waals surface area (Å²) in [5, 5.41) is 54.2. The maximum absolute atomic E-state index is 15.4. The quantitative estimate of drug-likeness (QED) is 0.108. The summed E-state index contributed by atoms with van der Waals surface area (Å²) >= 11 is 3.64. The van der Waals surface area contributed by atoms with E-state index in [2.05, 4.69) is 46.5 Å². The molecular weight excluding hydrogens is 866 g/mol. The summed E-state index contributed by atoms with van der Waals surface area (Å²) in [4.78, 5) is 46.3. The Kier molecular flexibility index (Phi) is 13.2. The Morgan fingerprint density at radius 2 is 1.62 bits per heavy atom. The molecule has 0 radical (unpaired) electrons. The Bertz CT molecular complexity index is 2230. The Morgan fingerprint density at radius 3 is 2.31 bits per heavy atom. The van der Waals surface area contributed by atoms with E-state index in [4.69, 9.17) is 14.2 Å². The zero-order valence-corrected chi connectivity index (χ0v) is 36.9. The van der Waals surface area contributed by atoms with Gasteiger partial charge in [-0.3, -0.25) is 14.4 Å². The molecular formula is C45H52BrN3O11Si. The minimum absolute atomic E-state index is 0.0129. The number of fused-ring (bicyclic) bond motifs is 2. The first-order chi connectivity index (χ1) is 29.1. The summed E-state index contributed by atoms with van der Waals surface area (Å²) in [6, 6.07) is 30.0. The summed E-state index contributed by atoms with van der Waals surface area (Å²) in [5.41, 5.74) is 1.46. The molecule has 324 valence electrons. The molecule has 2 saturated heterocycles. The molecule has 3 heterocycles. The lowest BCUT2D eigenvalue weighted by atomic mass is 9.82. The molecule has 0 unspecified atom stereocenters. The molecule has 16 heteroatoms. The van der Waals surface area contributed by atoms with E-state index in [-0.39, 0.29) is 43.5 Å². The highest BCUT2D eigenvalue weighted by Gasteiger charge is 2.66. The minimum Gasteiger partial charge on any atom is -0.497 e. The van der Waals surface area contributed by atoms with Crippen molar-refractivity contribution in [3.63, 3.8) is 0 Å². The van der Waals surface area contributed by atoms with E-state index in [1.807, 2.05) is 67.6 Å². The predicted octanol–water partition coefficient (Wildman–Crippen LogP) is 3.37. The molecule has 9 atom stereocenters. The third-order valence-electron chi connectivity index (χ3n) is 12.5. The van der Waals surface area contributed by atoms with E-state index in [9.17, 15) is 35.1 Å². The number of amides is 3. The van der Waals surface area contributed by atoms with E-state index in [1.54, 1.807) is 41.2 Å². The van der Waals surface area contributed by atoms with Crippen LogP contribution in [0, 0.1) is 5.92 Å². The molecule has 14 nitrogen and oxygen atoms in total. The molecule has 0 aliphatic carbocycles. The first kappa shape index (κ1) is 44.6. The van der Waals surface area contributed by atoms with Crippen LogP contribution in [0.2, 0.25) is 18.6 Å². The van der Waals surface area contributed by atoms with Crippen LogP contribution in [0.1, 0.15) is 30.0 Å². The maximum atomic E-state index is 15.4. The van der Waals surface area contributed by atoms with Crippen molar-refractivity contribution in [2.45, 2.75) is 87.5 Å². The van der Waals surface area contributed by atoms with Gasteiger partial charge in [0.2, 0.25) is 5.91 Å². The number of hydrogen-bond donors (Lipinski definition) is 6. The topological polar surface area (TPSA) is 199 Å². The normalized spacial score (nSPS) is 27.2. The molecule has 2 fully saturated rings. The highest BCUT2D eigenvalue weighted by atomic mass is 79.9. The van der Waals surface area contributed by atoms with Gasteiger partial charge in [-0.15, -0.1) is 0 Å². The molecule has 61 heavy (non-hydrogen) atoms. The van der Waals surface area contributed by atoms with Crippen LogP contribution in [0.3, 0.4) is 0 Å². The van der Waals surface area contributed by atoms with Crippen LogP contribution in [-0.2, 0) is 42.5 Å². The third kappa shape index (κ3) is 8.53. The van der Waals surface area contributed by atoms with E-state index < -0.39 is 62.3 Å². The summed E-state index contributed by atoms with van der Waals surface area (Å²) in [5.74, 6) is -1.03. The van der Waals surface area contributed by atoms with Gasteiger partial charge in [0.1, 0.15) is 24.1 Å². The predicted molar refractivity (Wildman–Crippen MR) is 232 cm³/mol. The summed E-state index contributed by atoms with van der Waals surface area (Å²) in [6.45, 7) is 6.83. The van der Waals surface area contributed by atoms with E-state index in [0.717, 1.165) is 21.0 Å². The summed E-state index contributed by atoms with van der Waals surface area (Å²) < 4.78 is 18.5. The van der Waals surface area contributed by atoms with Gasteiger partial charge in [-0.2, -0.15) is 0 Å². The van der Waals surface area contributed by atoms with Crippen molar-refractivity contribution >= 4 is 58.3 Å². The first-order valence-electron chi connectivity index (χ1n) is 20.2. The Labute approximate surface area is 363 Å². The van der Waals surface area contributed by atoms with Crippen molar-refractivity contribution in [1.29, 1.82) is 0 Å². The van der Waals surface area contributed by atoms with Crippen molar-refractivity contribution in [3.8, 4) is 5.75 Å². The molecule has 6 N–H and O–H groups in total. The van der Waals surface area contributed by atoms with Gasteiger partial charge in [0.15, 0.2) is 18.0 Å². The van der Waals surface area contributed by atoms with Gasteiger partial charge < -0.3 is 54.9 Å². The van der Waals surface area contributed by atoms with Crippen LogP contribution in [-0.4, -0.2) is 113 Å². The molecule has 4 aromatic rings. The average molecular weight is 919 g/mol. The van der Waals surface area contributed by atoms with Gasteiger partial charge in [-0.1, -0.05) is 95.7 Å². The number of carbonyl (C=O) groups excluding carboxylic acids is 3. The maximum Gasteiger partial charge on any atom is 0.264 e. The van der Waals surface area contributed by atoms with Gasteiger partial charge in [-0.05, 0) is 59.1 Å². The molecule has 3 aliphatic heterocycles. The van der Waals surface area contributed by atoms with Crippen molar-refractivity contribution in [1.82, 2.24) is 4.90 Å². The molecule has 7 rings (SSSR count). The lowest BCUT2D eigenvalue weighted by molar-refractivity contribution is -0.274. The van der Waals surface area contributed by atoms with Crippen molar-refractivity contribution in [2.24, 2.45) is 5.92 Å². The minimum atomic E-state index is -2.61. The number of hydrogen-bond acceptors (Lipinski definition) is 11. The second kappa shape index (κ2) is 18.1. The van der Waals surface area contributed by atoms with E-state index >= 15 is 4.79 Å². The largest absolute Gasteiger partial charge is 0.497 e. The number of methoxy groups -OCH3 is 1. The van der Waals surface area contributed by atoms with E-state index in [0.29, 0.717) is 29.0 Å². The highest BCUT2D eigenvalue weighted by molar-refractivity contribution is 9.10. The molecule has 0 saturated carbocycles. The van der Waals surface area contributed by atoms with Crippen LogP contribution >= 0.6 is 15.9 Å². The number of aliphatic hydroxyl groups excluding tert-OH is 5. The fourth-order valence-corrected chi connectivity index (χ4v) is 13.8. The smallest absolute Gasteiger partial charge is 0.264 e.